The first-order valence-electron chi connectivity index (χ1n) is 8.51. The average Bonchev–Trinajstić information content (AvgIpc) is 2.94. The Kier molecular flexibility index (Phi) is 5.12. The third-order valence-electron chi connectivity index (χ3n) is 3.96. The molecular weight excluding hydrogens is 318 g/mol. The highest BCUT2D eigenvalue weighted by atomic mass is 16.5. The lowest BCUT2D eigenvalue weighted by Crippen LogP contribution is -2.20. The minimum Gasteiger partial charge on any atom is -0.492 e. The molecule has 1 N–H and O–H groups in total. The minimum atomic E-state index is -0.243. The van der Waals surface area contributed by atoms with Gasteiger partial charge in [0, 0.05) is 18.1 Å². The van der Waals surface area contributed by atoms with Crippen LogP contribution in [0.5, 0.6) is 17.2 Å². The quantitative estimate of drug-likeness (QED) is 0.870. The summed E-state index contributed by atoms with van der Waals surface area (Å²) < 4.78 is 16.9. The van der Waals surface area contributed by atoms with Gasteiger partial charge in [-0.1, -0.05) is 17.7 Å². The molecule has 2 aromatic rings. The van der Waals surface area contributed by atoms with E-state index in [0.29, 0.717) is 23.8 Å². The second kappa shape index (κ2) is 7.47. The van der Waals surface area contributed by atoms with Crippen LogP contribution >= 0.6 is 0 Å². The van der Waals surface area contributed by atoms with Gasteiger partial charge in [0.15, 0.2) is 6.61 Å². The second-order valence-corrected chi connectivity index (χ2v) is 6.17. The Morgan fingerprint density at radius 1 is 1.24 bits per heavy atom. The predicted octanol–water partition coefficient (Wildman–Crippen LogP) is 3.73. The molecule has 132 valence electrons. The van der Waals surface area contributed by atoms with Gasteiger partial charge >= 0.3 is 0 Å². The van der Waals surface area contributed by atoms with E-state index in [0.717, 1.165) is 23.3 Å². The standard InChI is InChI=1S/C20H23NO4/c1-4-23-19-10-15-9-14(3)25-18(15)11-17(19)21-20(22)12-24-16-7-5-13(2)6-8-16/h5-8,10-11,14H,4,9,12H2,1-3H3,(H,21,22)/t14-/m0/s1. The topological polar surface area (TPSA) is 56.8 Å². The molecule has 0 spiro atoms. The molecule has 0 saturated carbocycles. The van der Waals surface area contributed by atoms with Crippen molar-refractivity contribution in [2.75, 3.05) is 18.5 Å². The summed E-state index contributed by atoms with van der Waals surface area (Å²) in [4.78, 5) is 12.2. The Bertz CT molecular complexity index is 755. The minimum absolute atomic E-state index is 0.0665. The largest absolute Gasteiger partial charge is 0.492 e. The number of carbonyl (C=O) groups excluding carboxylic acids is 1. The van der Waals surface area contributed by atoms with Gasteiger partial charge < -0.3 is 19.5 Å². The molecule has 0 aromatic heterocycles. The fourth-order valence-corrected chi connectivity index (χ4v) is 2.78. The smallest absolute Gasteiger partial charge is 0.262 e. The first-order chi connectivity index (χ1) is 12.0. The summed E-state index contributed by atoms with van der Waals surface area (Å²) in [6, 6.07) is 11.4. The number of carbonyl (C=O) groups is 1. The van der Waals surface area contributed by atoms with E-state index in [1.165, 1.54) is 0 Å². The SMILES string of the molecule is CCOc1cc2c(cc1NC(=O)COc1ccc(C)cc1)O[C@@H](C)C2. The molecular formula is C20H23NO4. The summed E-state index contributed by atoms with van der Waals surface area (Å²) in [6.07, 6.45) is 0.987. The normalized spacial score (nSPS) is 15.2. The van der Waals surface area contributed by atoms with E-state index >= 15 is 0 Å². The van der Waals surface area contributed by atoms with Crippen molar-refractivity contribution in [3.8, 4) is 17.2 Å². The summed E-state index contributed by atoms with van der Waals surface area (Å²) in [6.45, 7) is 6.40. The van der Waals surface area contributed by atoms with Gasteiger partial charge in [0.05, 0.1) is 12.3 Å². The monoisotopic (exact) mass is 341 g/mol. The van der Waals surface area contributed by atoms with E-state index in [4.69, 9.17) is 14.2 Å². The molecule has 1 atom stereocenters. The number of benzene rings is 2. The molecule has 1 aliphatic rings. The summed E-state index contributed by atoms with van der Waals surface area (Å²) in [5, 5.41) is 2.85. The molecule has 25 heavy (non-hydrogen) atoms. The second-order valence-electron chi connectivity index (χ2n) is 6.17. The highest BCUT2D eigenvalue weighted by Gasteiger charge is 2.22. The van der Waals surface area contributed by atoms with Crippen LogP contribution in [0.25, 0.3) is 0 Å². The summed E-state index contributed by atoms with van der Waals surface area (Å²) in [7, 11) is 0. The van der Waals surface area contributed by atoms with E-state index in [1.54, 1.807) is 0 Å². The Labute approximate surface area is 147 Å². The predicted molar refractivity (Wildman–Crippen MR) is 96.7 cm³/mol. The maximum atomic E-state index is 12.2. The van der Waals surface area contributed by atoms with Crippen molar-refractivity contribution in [2.45, 2.75) is 33.3 Å². The number of rotatable bonds is 6. The number of nitrogens with one attached hydrogen (secondary N) is 1. The van der Waals surface area contributed by atoms with E-state index < -0.39 is 0 Å². The van der Waals surface area contributed by atoms with Gasteiger partial charge in [-0.05, 0) is 39.0 Å². The van der Waals surface area contributed by atoms with Crippen molar-refractivity contribution in [2.24, 2.45) is 0 Å². The van der Waals surface area contributed by atoms with Gasteiger partial charge in [-0.15, -0.1) is 0 Å². The van der Waals surface area contributed by atoms with Crippen molar-refractivity contribution in [1.82, 2.24) is 0 Å². The molecule has 0 fully saturated rings. The van der Waals surface area contributed by atoms with E-state index in [-0.39, 0.29) is 18.6 Å². The maximum absolute atomic E-state index is 12.2. The van der Waals surface area contributed by atoms with Crippen molar-refractivity contribution in [3.05, 3.63) is 47.5 Å². The van der Waals surface area contributed by atoms with Crippen molar-refractivity contribution >= 4 is 11.6 Å². The van der Waals surface area contributed by atoms with E-state index in [1.807, 2.05) is 57.2 Å². The Balaban J connectivity index is 1.67. The van der Waals surface area contributed by atoms with Crippen molar-refractivity contribution in [3.63, 3.8) is 0 Å². The van der Waals surface area contributed by atoms with Crippen molar-refractivity contribution in [1.29, 1.82) is 0 Å². The molecule has 0 radical (unpaired) electrons. The lowest BCUT2D eigenvalue weighted by molar-refractivity contribution is -0.118. The molecule has 5 nitrogen and oxygen atoms in total. The van der Waals surface area contributed by atoms with Gasteiger partial charge in [-0.25, -0.2) is 0 Å². The zero-order chi connectivity index (χ0) is 17.8. The fraction of sp³-hybridized carbons (Fsp3) is 0.350. The first-order valence-corrected chi connectivity index (χ1v) is 8.51. The van der Waals surface area contributed by atoms with Crippen LogP contribution in [-0.4, -0.2) is 25.2 Å². The molecule has 1 aliphatic heterocycles. The molecule has 1 heterocycles. The van der Waals surface area contributed by atoms with E-state index in [9.17, 15) is 4.79 Å². The van der Waals surface area contributed by atoms with Crippen LogP contribution in [0, 0.1) is 6.92 Å². The van der Waals surface area contributed by atoms with Gasteiger partial charge in [-0.2, -0.15) is 0 Å². The Hall–Kier alpha value is -2.69. The summed E-state index contributed by atoms with van der Waals surface area (Å²) >= 11 is 0. The number of ether oxygens (including phenoxy) is 3. The highest BCUT2D eigenvalue weighted by molar-refractivity contribution is 5.93. The number of hydrogen-bond acceptors (Lipinski definition) is 4. The number of fused-ring (bicyclic) bond motifs is 1. The lowest BCUT2D eigenvalue weighted by atomic mass is 10.1. The van der Waals surface area contributed by atoms with Gasteiger partial charge in [-0.3, -0.25) is 4.79 Å². The van der Waals surface area contributed by atoms with Crippen LogP contribution in [0.1, 0.15) is 25.0 Å². The third kappa shape index (κ3) is 4.24. The molecule has 0 unspecified atom stereocenters. The summed E-state index contributed by atoms with van der Waals surface area (Å²) in [5.41, 5.74) is 2.85. The molecule has 0 saturated heterocycles. The number of anilines is 1. The zero-order valence-corrected chi connectivity index (χ0v) is 14.8. The third-order valence-corrected chi connectivity index (χ3v) is 3.96. The van der Waals surface area contributed by atoms with Crippen LogP contribution in [-0.2, 0) is 11.2 Å². The molecule has 3 rings (SSSR count). The summed E-state index contributed by atoms with van der Waals surface area (Å²) in [5.74, 6) is 1.87. The van der Waals surface area contributed by atoms with Gasteiger partial charge in [0.2, 0.25) is 0 Å². The van der Waals surface area contributed by atoms with Gasteiger partial charge in [0.25, 0.3) is 5.91 Å². The Morgan fingerprint density at radius 2 is 2.00 bits per heavy atom. The molecule has 0 aliphatic carbocycles. The highest BCUT2D eigenvalue weighted by Crippen LogP contribution is 2.38. The van der Waals surface area contributed by atoms with Gasteiger partial charge in [0.1, 0.15) is 23.4 Å². The maximum Gasteiger partial charge on any atom is 0.262 e. The number of aryl methyl sites for hydroxylation is 1. The van der Waals surface area contributed by atoms with Crippen LogP contribution < -0.4 is 19.5 Å². The van der Waals surface area contributed by atoms with Crippen LogP contribution in [0.3, 0.4) is 0 Å². The van der Waals surface area contributed by atoms with Crippen LogP contribution in [0.2, 0.25) is 0 Å². The van der Waals surface area contributed by atoms with Crippen LogP contribution in [0.15, 0.2) is 36.4 Å². The lowest BCUT2D eigenvalue weighted by Gasteiger charge is -2.14. The zero-order valence-electron chi connectivity index (χ0n) is 14.8. The Morgan fingerprint density at radius 3 is 2.72 bits per heavy atom. The van der Waals surface area contributed by atoms with E-state index in [2.05, 4.69) is 5.32 Å². The molecule has 0 bridgehead atoms. The number of hydrogen-bond donors (Lipinski definition) is 1. The first kappa shape index (κ1) is 17.1. The molecule has 2 aromatic carbocycles. The fourth-order valence-electron chi connectivity index (χ4n) is 2.78. The van der Waals surface area contributed by atoms with Crippen LogP contribution in [0.4, 0.5) is 5.69 Å². The number of amides is 1. The van der Waals surface area contributed by atoms with Crippen molar-refractivity contribution < 1.29 is 19.0 Å². The molecule has 1 amide bonds. The average molecular weight is 341 g/mol. The molecule has 5 heteroatoms.